The van der Waals surface area contributed by atoms with Gasteiger partial charge in [-0.25, -0.2) is 9.97 Å². The zero-order chi connectivity index (χ0) is 17.9. The molecule has 2 atom stereocenters. The van der Waals surface area contributed by atoms with Crippen molar-refractivity contribution >= 4 is 24.0 Å². The number of aryl methyl sites for hydroxylation is 1. The second-order valence-corrected chi connectivity index (χ2v) is 6.90. The van der Waals surface area contributed by atoms with Crippen molar-refractivity contribution in [1.82, 2.24) is 9.97 Å². The van der Waals surface area contributed by atoms with Crippen molar-refractivity contribution in [2.24, 2.45) is 11.7 Å². The molecule has 1 saturated carbocycles. The van der Waals surface area contributed by atoms with Crippen LogP contribution in [0.15, 0.2) is 36.5 Å². The van der Waals surface area contributed by atoms with Crippen LogP contribution in [0, 0.1) is 12.8 Å². The lowest BCUT2D eigenvalue weighted by atomic mass is 9.74. The van der Waals surface area contributed by atoms with Gasteiger partial charge in [-0.15, -0.1) is 12.4 Å². The molecule has 0 aliphatic heterocycles. The van der Waals surface area contributed by atoms with Gasteiger partial charge in [0.2, 0.25) is 5.91 Å². The summed E-state index contributed by atoms with van der Waals surface area (Å²) in [7, 11) is 0. The summed E-state index contributed by atoms with van der Waals surface area (Å²) < 4.78 is 5.61. The minimum atomic E-state index is -0.437. The number of anilines is 1. The first-order valence-electron chi connectivity index (χ1n) is 8.61. The number of aromatic nitrogens is 2. The Labute approximate surface area is 160 Å². The fraction of sp³-hybridized carbons (Fsp3) is 0.421. The third-order valence-electron chi connectivity index (χ3n) is 4.67. The van der Waals surface area contributed by atoms with Gasteiger partial charge in [-0.2, -0.15) is 0 Å². The number of nitrogens with one attached hydrogen (secondary N) is 1. The van der Waals surface area contributed by atoms with Gasteiger partial charge in [0.1, 0.15) is 5.75 Å². The van der Waals surface area contributed by atoms with E-state index in [0.717, 1.165) is 37.1 Å². The molecule has 140 valence electrons. The van der Waals surface area contributed by atoms with Crippen molar-refractivity contribution in [3.8, 4) is 11.8 Å². The van der Waals surface area contributed by atoms with E-state index < -0.39 is 5.54 Å². The number of nitrogens with zero attached hydrogens (tertiary/aromatic N) is 2. The highest BCUT2D eigenvalue weighted by molar-refractivity contribution is 5.93. The monoisotopic (exact) mass is 376 g/mol. The van der Waals surface area contributed by atoms with Crippen LogP contribution >= 0.6 is 12.4 Å². The van der Waals surface area contributed by atoms with Gasteiger partial charge < -0.3 is 15.8 Å². The number of ether oxygens (including phenoxy) is 1. The molecule has 0 spiro atoms. The van der Waals surface area contributed by atoms with Crippen LogP contribution in [0.1, 0.15) is 38.3 Å². The zero-order valence-electron chi connectivity index (χ0n) is 15.1. The number of carbonyl (C=O) groups is 1. The lowest BCUT2D eigenvalue weighted by molar-refractivity contribution is -0.122. The number of hydrogen-bond acceptors (Lipinski definition) is 5. The Morgan fingerprint density at radius 3 is 2.65 bits per heavy atom. The third kappa shape index (κ3) is 4.93. The van der Waals surface area contributed by atoms with Crippen molar-refractivity contribution in [2.45, 2.75) is 45.1 Å². The van der Waals surface area contributed by atoms with Crippen molar-refractivity contribution < 1.29 is 9.53 Å². The topological polar surface area (TPSA) is 90.1 Å². The minimum Gasteiger partial charge on any atom is -0.424 e. The Morgan fingerprint density at radius 1 is 1.27 bits per heavy atom. The summed E-state index contributed by atoms with van der Waals surface area (Å²) in [6.45, 7) is 3.85. The third-order valence-corrected chi connectivity index (χ3v) is 4.67. The van der Waals surface area contributed by atoms with Gasteiger partial charge in [-0.3, -0.25) is 4.79 Å². The second kappa shape index (κ2) is 8.47. The van der Waals surface area contributed by atoms with E-state index in [1.165, 1.54) is 0 Å². The molecule has 1 amide bonds. The molecule has 3 N–H and O–H groups in total. The first-order valence-corrected chi connectivity index (χ1v) is 8.61. The number of amides is 1. The second-order valence-electron chi connectivity index (χ2n) is 6.90. The van der Waals surface area contributed by atoms with Crippen molar-refractivity contribution in [2.75, 3.05) is 5.32 Å². The van der Waals surface area contributed by atoms with E-state index in [4.69, 9.17) is 10.5 Å². The fourth-order valence-electron chi connectivity index (χ4n) is 3.21. The van der Waals surface area contributed by atoms with Crippen LogP contribution in [-0.4, -0.2) is 21.4 Å². The molecule has 0 radical (unpaired) electrons. The van der Waals surface area contributed by atoms with Crippen LogP contribution in [0.3, 0.4) is 0 Å². The lowest BCUT2D eigenvalue weighted by Gasteiger charge is -2.37. The highest BCUT2D eigenvalue weighted by Crippen LogP contribution is 2.32. The van der Waals surface area contributed by atoms with Gasteiger partial charge in [0.25, 0.3) is 0 Å². The van der Waals surface area contributed by atoms with Crippen LogP contribution in [-0.2, 0) is 4.79 Å². The van der Waals surface area contributed by atoms with E-state index in [-0.39, 0.29) is 24.2 Å². The van der Waals surface area contributed by atoms with Crippen molar-refractivity contribution in [1.29, 1.82) is 0 Å². The average molecular weight is 377 g/mol. The normalized spacial score (nSPS) is 22.2. The summed E-state index contributed by atoms with van der Waals surface area (Å²) in [4.78, 5) is 20.8. The van der Waals surface area contributed by atoms with Crippen molar-refractivity contribution in [3.63, 3.8) is 0 Å². The fourth-order valence-corrected chi connectivity index (χ4v) is 3.21. The van der Waals surface area contributed by atoms with Gasteiger partial charge in [0.05, 0.1) is 5.92 Å². The van der Waals surface area contributed by atoms with Crippen LogP contribution in [0.5, 0.6) is 11.8 Å². The predicted octanol–water partition coefficient (Wildman–Crippen LogP) is 3.85. The highest BCUT2D eigenvalue weighted by Gasteiger charge is 2.37. The molecule has 26 heavy (non-hydrogen) atoms. The standard InChI is InChI=1S/C19H24N4O2.ClH/c1-13-10-12-21-18(22-13)25-15-8-6-14(7-9-15)23-17(24)16-5-3-4-11-19(16,2)20;/h6-10,12,16H,3-5,11,20H2,1-2H3,(H,23,24);1H. The molecule has 1 aromatic heterocycles. The maximum atomic E-state index is 12.6. The number of carbonyl (C=O) groups excluding carboxylic acids is 1. The molecule has 6 nitrogen and oxygen atoms in total. The first kappa shape index (κ1) is 20.1. The largest absolute Gasteiger partial charge is 0.424 e. The summed E-state index contributed by atoms with van der Waals surface area (Å²) in [6.07, 6.45) is 5.51. The lowest BCUT2D eigenvalue weighted by Crippen LogP contribution is -2.51. The van der Waals surface area contributed by atoms with E-state index in [1.54, 1.807) is 30.5 Å². The van der Waals surface area contributed by atoms with E-state index in [1.807, 2.05) is 19.9 Å². The van der Waals surface area contributed by atoms with Gasteiger partial charge in [0, 0.05) is 23.1 Å². The molecule has 1 heterocycles. The van der Waals surface area contributed by atoms with E-state index in [0.29, 0.717) is 11.8 Å². The number of nitrogens with two attached hydrogens (primary N) is 1. The quantitative estimate of drug-likeness (QED) is 0.845. The number of halogens is 1. The molecule has 2 aromatic rings. The predicted molar refractivity (Wildman–Crippen MR) is 104 cm³/mol. The maximum absolute atomic E-state index is 12.6. The summed E-state index contributed by atoms with van der Waals surface area (Å²) in [5, 5.41) is 2.96. The number of rotatable bonds is 4. The summed E-state index contributed by atoms with van der Waals surface area (Å²) >= 11 is 0. The van der Waals surface area contributed by atoms with Crippen molar-refractivity contribution in [3.05, 3.63) is 42.2 Å². The molecule has 1 aromatic carbocycles. The summed E-state index contributed by atoms with van der Waals surface area (Å²) in [5.41, 5.74) is 7.43. The SMILES string of the molecule is Cc1ccnc(Oc2ccc(NC(=O)C3CCCCC3(C)N)cc2)n1.Cl. The summed E-state index contributed by atoms with van der Waals surface area (Å²) in [6, 6.07) is 9.28. The number of benzene rings is 1. The molecule has 3 rings (SSSR count). The van der Waals surface area contributed by atoms with Gasteiger partial charge in [-0.05, 0) is 57.0 Å². The molecule has 2 unspecified atom stereocenters. The van der Waals surface area contributed by atoms with E-state index >= 15 is 0 Å². The number of hydrogen-bond donors (Lipinski definition) is 2. The van der Waals surface area contributed by atoms with Gasteiger partial charge >= 0.3 is 6.01 Å². The Bertz CT molecular complexity index is 749. The van der Waals surface area contributed by atoms with Crippen LogP contribution in [0.2, 0.25) is 0 Å². The Morgan fingerprint density at radius 2 is 2.00 bits per heavy atom. The smallest absolute Gasteiger partial charge is 0.322 e. The molecule has 1 aliphatic carbocycles. The first-order chi connectivity index (χ1) is 11.9. The molecule has 1 fully saturated rings. The van der Waals surface area contributed by atoms with Crippen LogP contribution in [0.25, 0.3) is 0 Å². The zero-order valence-corrected chi connectivity index (χ0v) is 15.9. The van der Waals surface area contributed by atoms with Crippen LogP contribution < -0.4 is 15.8 Å². The van der Waals surface area contributed by atoms with E-state index in [2.05, 4.69) is 15.3 Å². The highest BCUT2D eigenvalue weighted by atomic mass is 35.5. The van der Waals surface area contributed by atoms with E-state index in [9.17, 15) is 4.79 Å². The molecule has 1 aliphatic rings. The Kier molecular flexibility index (Phi) is 6.56. The Hall–Kier alpha value is -2.18. The summed E-state index contributed by atoms with van der Waals surface area (Å²) in [5.74, 6) is 0.447. The Balaban J connectivity index is 0.00000243. The molecule has 7 heteroatoms. The molecular formula is C19H25ClN4O2. The molecule has 0 bridgehead atoms. The molecule has 0 saturated heterocycles. The van der Waals surface area contributed by atoms with Gasteiger partial charge in [-0.1, -0.05) is 12.8 Å². The van der Waals surface area contributed by atoms with Crippen LogP contribution in [0.4, 0.5) is 5.69 Å². The molecular weight excluding hydrogens is 352 g/mol. The average Bonchev–Trinajstić information content (AvgIpc) is 2.56. The van der Waals surface area contributed by atoms with Gasteiger partial charge in [0.15, 0.2) is 0 Å². The maximum Gasteiger partial charge on any atom is 0.322 e. The minimum absolute atomic E-state index is 0.